The van der Waals surface area contributed by atoms with E-state index >= 15 is 0 Å². The molecular formula is C22H22N4O2. The van der Waals surface area contributed by atoms with Gasteiger partial charge < -0.3 is 10.2 Å². The van der Waals surface area contributed by atoms with Gasteiger partial charge in [-0.25, -0.2) is 4.98 Å². The molecule has 3 aromatic rings. The van der Waals surface area contributed by atoms with Crippen LogP contribution < -0.4 is 5.32 Å². The number of carbonyl (C=O) groups is 2. The topological polar surface area (TPSA) is 75.2 Å². The zero-order chi connectivity index (χ0) is 19.9. The van der Waals surface area contributed by atoms with Gasteiger partial charge in [0, 0.05) is 31.5 Å². The largest absolute Gasteiger partial charge is 0.326 e. The predicted octanol–water partition coefficient (Wildman–Crippen LogP) is 3.84. The SMILES string of the molecule is CC(=O)Nc1cccc(C(C)N(Cc2ccccc2)C(=O)c2cnccn2)c1. The lowest BCUT2D eigenvalue weighted by Gasteiger charge is -2.30. The molecule has 2 aromatic carbocycles. The summed E-state index contributed by atoms with van der Waals surface area (Å²) in [7, 11) is 0. The second kappa shape index (κ2) is 8.90. The van der Waals surface area contributed by atoms with Crippen molar-refractivity contribution in [1.29, 1.82) is 0 Å². The molecule has 1 atom stereocenters. The van der Waals surface area contributed by atoms with Crippen molar-refractivity contribution in [1.82, 2.24) is 14.9 Å². The van der Waals surface area contributed by atoms with Crippen LogP contribution in [0.3, 0.4) is 0 Å². The van der Waals surface area contributed by atoms with E-state index in [-0.39, 0.29) is 17.9 Å². The average Bonchev–Trinajstić information content (AvgIpc) is 2.72. The van der Waals surface area contributed by atoms with Gasteiger partial charge in [-0.15, -0.1) is 0 Å². The molecule has 1 N–H and O–H groups in total. The first-order chi connectivity index (χ1) is 13.5. The van der Waals surface area contributed by atoms with Crippen molar-refractivity contribution in [3.05, 3.63) is 90.0 Å². The molecule has 1 aromatic heterocycles. The molecule has 2 amide bonds. The highest BCUT2D eigenvalue weighted by Crippen LogP contribution is 2.26. The van der Waals surface area contributed by atoms with E-state index in [0.717, 1.165) is 11.1 Å². The Morgan fingerprint density at radius 3 is 2.54 bits per heavy atom. The summed E-state index contributed by atoms with van der Waals surface area (Å²) >= 11 is 0. The summed E-state index contributed by atoms with van der Waals surface area (Å²) in [5.41, 5.74) is 2.93. The van der Waals surface area contributed by atoms with Crippen LogP contribution in [0.5, 0.6) is 0 Å². The third-order valence-electron chi connectivity index (χ3n) is 4.40. The number of aromatic nitrogens is 2. The molecule has 142 valence electrons. The normalized spacial score (nSPS) is 11.5. The summed E-state index contributed by atoms with van der Waals surface area (Å²) < 4.78 is 0. The van der Waals surface area contributed by atoms with E-state index in [4.69, 9.17) is 0 Å². The Morgan fingerprint density at radius 1 is 1.07 bits per heavy atom. The molecule has 0 bridgehead atoms. The molecule has 0 spiro atoms. The Labute approximate surface area is 164 Å². The highest BCUT2D eigenvalue weighted by atomic mass is 16.2. The molecule has 0 saturated carbocycles. The first-order valence-corrected chi connectivity index (χ1v) is 9.03. The Kier molecular flexibility index (Phi) is 6.11. The minimum Gasteiger partial charge on any atom is -0.326 e. The van der Waals surface area contributed by atoms with Crippen LogP contribution in [0.1, 0.15) is 41.5 Å². The van der Waals surface area contributed by atoms with Crippen molar-refractivity contribution in [2.45, 2.75) is 26.4 Å². The monoisotopic (exact) mass is 374 g/mol. The van der Waals surface area contributed by atoms with Crippen LogP contribution in [0.4, 0.5) is 5.69 Å². The molecule has 0 saturated heterocycles. The van der Waals surface area contributed by atoms with Crippen LogP contribution in [0.25, 0.3) is 0 Å². The van der Waals surface area contributed by atoms with Gasteiger partial charge in [-0.3, -0.25) is 14.6 Å². The van der Waals surface area contributed by atoms with Gasteiger partial charge in [0.25, 0.3) is 5.91 Å². The fraction of sp³-hybridized carbons (Fsp3) is 0.182. The lowest BCUT2D eigenvalue weighted by atomic mass is 10.0. The first kappa shape index (κ1) is 19.2. The van der Waals surface area contributed by atoms with Crippen LogP contribution >= 0.6 is 0 Å². The fourth-order valence-corrected chi connectivity index (χ4v) is 2.98. The van der Waals surface area contributed by atoms with Crippen LogP contribution in [0, 0.1) is 0 Å². The molecule has 1 unspecified atom stereocenters. The Hall–Kier alpha value is -3.54. The van der Waals surface area contributed by atoms with Gasteiger partial charge in [0.1, 0.15) is 5.69 Å². The van der Waals surface area contributed by atoms with Gasteiger partial charge in [-0.05, 0) is 30.2 Å². The molecule has 0 aliphatic carbocycles. The molecule has 1 heterocycles. The second-order valence-corrected chi connectivity index (χ2v) is 6.49. The van der Waals surface area contributed by atoms with Crippen LogP contribution in [0.2, 0.25) is 0 Å². The summed E-state index contributed by atoms with van der Waals surface area (Å²) in [5.74, 6) is -0.337. The molecule has 28 heavy (non-hydrogen) atoms. The number of anilines is 1. The Balaban J connectivity index is 1.93. The Bertz CT molecular complexity index is 945. The van der Waals surface area contributed by atoms with E-state index < -0.39 is 0 Å². The predicted molar refractivity (Wildman–Crippen MR) is 108 cm³/mol. The maximum absolute atomic E-state index is 13.2. The van der Waals surface area contributed by atoms with E-state index in [1.165, 1.54) is 19.3 Å². The number of nitrogens with zero attached hydrogens (tertiary/aromatic N) is 3. The maximum atomic E-state index is 13.2. The van der Waals surface area contributed by atoms with Crippen molar-refractivity contribution < 1.29 is 9.59 Å². The van der Waals surface area contributed by atoms with E-state index in [2.05, 4.69) is 15.3 Å². The van der Waals surface area contributed by atoms with Crippen molar-refractivity contribution in [2.75, 3.05) is 5.32 Å². The van der Waals surface area contributed by atoms with Gasteiger partial charge in [-0.1, -0.05) is 42.5 Å². The van der Waals surface area contributed by atoms with Gasteiger partial charge in [-0.2, -0.15) is 0 Å². The number of nitrogens with one attached hydrogen (secondary N) is 1. The lowest BCUT2D eigenvalue weighted by molar-refractivity contribution is -0.114. The minimum atomic E-state index is -0.233. The van der Waals surface area contributed by atoms with Crippen LogP contribution in [-0.4, -0.2) is 26.7 Å². The van der Waals surface area contributed by atoms with E-state index in [9.17, 15) is 9.59 Å². The van der Waals surface area contributed by atoms with Crippen molar-refractivity contribution in [3.63, 3.8) is 0 Å². The zero-order valence-electron chi connectivity index (χ0n) is 15.9. The molecular weight excluding hydrogens is 352 g/mol. The number of carbonyl (C=O) groups excluding carboxylic acids is 2. The number of rotatable bonds is 6. The minimum absolute atomic E-state index is 0.137. The molecule has 6 nitrogen and oxygen atoms in total. The highest BCUT2D eigenvalue weighted by Gasteiger charge is 2.24. The molecule has 0 aliphatic rings. The molecule has 6 heteroatoms. The van der Waals surface area contributed by atoms with Gasteiger partial charge in [0.15, 0.2) is 0 Å². The summed E-state index contributed by atoms with van der Waals surface area (Å²) in [6.45, 7) is 3.86. The molecule has 0 aliphatic heterocycles. The van der Waals surface area contributed by atoms with Crippen molar-refractivity contribution in [2.24, 2.45) is 0 Å². The number of hydrogen-bond donors (Lipinski definition) is 1. The first-order valence-electron chi connectivity index (χ1n) is 9.03. The summed E-state index contributed by atoms with van der Waals surface area (Å²) in [4.78, 5) is 34.5. The quantitative estimate of drug-likeness (QED) is 0.711. The number of benzene rings is 2. The maximum Gasteiger partial charge on any atom is 0.274 e. The Morgan fingerprint density at radius 2 is 1.86 bits per heavy atom. The highest BCUT2D eigenvalue weighted by molar-refractivity contribution is 5.92. The third-order valence-corrected chi connectivity index (χ3v) is 4.40. The molecule has 0 fully saturated rings. The summed E-state index contributed by atoms with van der Waals surface area (Å²) in [5, 5.41) is 2.78. The number of amides is 2. The smallest absolute Gasteiger partial charge is 0.274 e. The lowest BCUT2D eigenvalue weighted by Crippen LogP contribution is -2.33. The fourth-order valence-electron chi connectivity index (χ4n) is 2.98. The second-order valence-electron chi connectivity index (χ2n) is 6.49. The van der Waals surface area contributed by atoms with E-state index in [0.29, 0.717) is 17.9 Å². The van der Waals surface area contributed by atoms with E-state index in [1.807, 2.05) is 61.5 Å². The van der Waals surface area contributed by atoms with Crippen LogP contribution in [-0.2, 0) is 11.3 Å². The zero-order valence-corrected chi connectivity index (χ0v) is 15.9. The van der Waals surface area contributed by atoms with Crippen LogP contribution in [0.15, 0.2) is 73.2 Å². The average molecular weight is 374 g/mol. The van der Waals surface area contributed by atoms with Crippen molar-refractivity contribution in [3.8, 4) is 0 Å². The van der Waals surface area contributed by atoms with Gasteiger partial charge in [0.05, 0.1) is 12.2 Å². The standard InChI is InChI=1S/C22H22N4O2/c1-16(19-9-6-10-20(13-19)25-17(2)27)26(15-18-7-4-3-5-8-18)22(28)21-14-23-11-12-24-21/h3-14,16H,15H2,1-2H3,(H,25,27). The van der Waals surface area contributed by atoms with E-state index in [1.54, 1.807) is 11.1 Å². The van der Waals surface area contributed by atoms with Crippen molar-refractivity contribution >= 4 is 17.5 Å². The summed E-state index contributed by atoms with van der Waals surface area (Å²) in [6.07, 6.45) is 4.52. The van der Waals surface area contributed by atoms with Gasteiger partial charge in [0.2, 0.25) is 5.91 Å². The summed E-state index contributed by atoms with van der Waals surface area (Å²) in [6, 6.07) is 17.1. The number of hydrogen-bond acceptors (Lipinski definition) is 4. The third kappa shape index (κ3) is 4.79. The molecule has 0 radical (unpaired) electrons. The van der Waals surface area contributed by atoms with Gasteiger partial charge >= 0.3 is 0 Å². The molecule has 3 rings (SSSR count).